The zero-order valence-corrected chi connectivity index (χ0v) is 7.45. The zero-order chi connectivity index (χ0) is 8.77. The Morgan fingerprint density at radius 2 is 2.33 bits per heavy atom. The predicted molar refractivity (Wildman–Crippen MR) is 45.2 cm³/mol. The van der Waals surface area contributed by atoms with Crippen molar-refractivity contribution in [2.24, 2.45) is 17.8 Å². The monoisotopic (exact) mass is 165 g/mol. The largest absolute Gasteiger partial charge is 0.388 e. The van der Waals surface area contributed by atoms with Crippen LogP contribution in [0.5, 0.6) is 0 Å². The quantitative estimate of drug-likeness (QED) is 0.642. The molecule has 4 atom stereocenters. The molecule has 0 radical (unpaired) electrons. The summed E-state index contributed by atoms with van der Waals surface area (Å²) >= 11 is 0. The number of aliphatic hydroxyl groups is 1. The van der Waals surface area contributed by atoms with E-state index in [1.165, 1.54) is 6.42 Å². The lowest BCUT2D eigenvalue weighted by molar-refractivity contribution is -0.0413. The fourth-order valence-corrected chi connectivity index (χ4v) is 2.99. The molecular formula is C10H15NO. The van der Waals surface area contributed by atoms with Gasteiger partial charge in [-0.05, 0) is 44.4 Å². The lowest BCUT2D eigenvalue weighted by atomic mass is 9.76. The molecule has 66 valence electrons. The standard InChI is InChI=1S/C10H15NO/c1-7(6-11)10(12)5-8-2-3-9(10)4-8/h7-9,12H,2-5H2,1H3. The van der Waals surface area contributed by atoms with E-state index in [0.717, 1.165) is 19.3 Å². The van der Waals surface area contributed by atoms with Crippen molar-refractivity contribution in [3.05, 3.63) is 0 Å². The third-order valence-corrected chi connectivity index (χ3v) is 3.81. The maximum Gasteiger partial charge on any atom is 0.0833 e. The Hall–Kier alpha value is -0.550. The van der Waals surface area contributed by atoms with E-state index in [4.69, 9.17) is 5.26 Å². The van der Waals surface area contributed by atoms with Gasteiger partial charge in [-0.3, -0.25) is 0 Å². The number of fused-ring (bicyclic) bond motifs is 2. The molecule has 0 saturated heterocycles. The van der Waals surface area contributed by atoms with Crippen molar-refractivity contribution in [3.8, 4) is 6.07 Å². The van der Waals surface area contributed by atoms with Crippen LogP contribution in [0.25, 0.3) is 0 Å². The number of nitrogens with zero attached hydrogens (tertiary/aromatic N) is 1. The molecule has 0 aromatic rings. The van der Waals surface area contributed by atoms with Crippen molar-refractivity contribution >= 4 is 0 Å². The minimum atomic E-state index is -0.641. The maximum atomic E-state index is 10.2. The molecule has 2 bridgehead atoms. The molecule has 12 heavy (non-hydrogen) atoms. The lowest BCUT2D eigenvalue weighted by Gasteiger charge is -2.34. The summed E-state index contributed by atoms with van der Waals surface area (Å²) in [5.41, 5.74) is -0.641. The molecule has 2 nitrogen and oxygen atoms in total. The van der Waals surface area contributed by atoms with E-state index in [1.807, 2.05) is 6.92 Å². The summed E-state index contributed by atoms with van der Waals surface area (Å²) in [5, 5.41) is 19.0. The summed E-state index contributed by atoms with van der Waals surface area (Å²) in [6.07, 6.45) is 4.42. The van der Waals surface area contributed by atoms with E-state index >= 15 is 0 Å². The van der Waals surface area contributed by atoms with Crippen LogP contribution >= 0.6 is 0 Å². The summed E-state index contributed by atoms with van der Waals surface area (Å²) in [5.74, 6) is 0.931. The Labute approximate surface area is 73.2 Å². The van der Waals surface area contributed by atoms with Gasteiger partial charge in [0.2, 0.25) is 0 Å². The Morgan fingerprint density at radius 1 is 1.58 bits per heavy atom. The third kappa shape index (κ3) is 0.895. The number of nitriles is 1. The van der Waals surface area contributed by atoms with Crippen LogP contribution < -0.4 is 0 Å². The van der Waals surface area contributed by atoms with E-state index in [-0.39, 0.29) is 5.92 Å². The van der Waals surface area contributed by atoms with Gasteiger partial charge in [-0.2, -0.15) is 5.26 Å². The fraction of sp³-hybridized carbons (Fsp3) is 0.900. The molecule has 2 heteroatoms. The second-order valence-electron chi connectivity index (χ2n) is 4.42. The Balaban J connectivity index is 2.18. The highest BCUT2D eigenvalue weighted by Crippen LogP contribution is 2.53. The van der Waals surface area contributed by atoms with Crippen LogP contribution in [0.4, 0.5) is 0 Å². The smallest absolute Gasteiger partial charge is 0.0833 e. The van der Waals surface area contributed by atoms with Crippen molar-refractivity contribution < 1.29 is 5.11 Å². The molecular weight excluding hydrogens is 150 g/mol. The molecule has 2 saturated carbocycles. The van der Waals surface area contributed by atoms with Gasteiger partial charge in [-0.15, -0.1) is 0 Å². The van der Waals surface area contributed by atoms with Gasteiger partial charge in [0, 0.05) is 0 Å². The van der Waals surface area contributed by atoms with Crippen molar-refractivity contribution in [3.63, 3.8) is 0 Å². The highest BCUT2D eigenvalue weighted by Gasteiger charge is 2.52. The average molecular weight is 165 g/mol. The van der Waals surface area contributed by atoms with Crippen molar-refractivity contribution in [2.75, 3.05) is 0 Å². The predicted octanol–water partition coefficient (Wildman–Crippen LogP) is 1.70. The summed E-state index contributed by atoms with van der Waals surface area (Å²) in [4.78, 5) is 0. The molecule has 2 aliphatic rings. The second kappa shape index (κ2) is 2.47. The Bertz CT molecular complexity index is 232. The van der Waals surface area contributed by atoms with Gasteiger partial charge < -0.3 is 5.11 Å². The van der Waals surface area contributed by atoms with Gasteiger partial charge in [0.05, 0.1) is 17.6 Å². The first-order valence-electron chi connectivity index (χ1n) is 4.79. The molecule has 1 N–H and O–H groups in total. The first-order chi connectivity index (χ1) is 5.66. The molecule has 0 aliphatic heterocycles. The van der Waals surface area contributed by atoms with Gasteiger partial charge in [0.25, 0.3) is 0 Å². The molecule has 2 fully saturated rings. The SMILES string of the molecule is CC(C#N)C1(O)CC2CCC1C2. The molecule has 0 heterocycles. The highest BCUT2D eigenvalue weighted by atomic mass is 16.3. The van der Waals surface area contributed by atoms with Crippen LogP contribution in [0, 0.1) is 29.1 Å². The lowest BCUT2D eigenvalue weighted by Crippen LogP contribution is -2.41. The van der Waals surface area contributed by atoms with Crippen molar-refractivity contribution in [2.45, 2.75) is 38.2 Å². The zero-order valence-electron chi connectivity index (χ0n) is 7.45. The molecule has 0 aromatic carbocycles. The molecule has 2 aliphatic carbocycles. The number of hydrogen-bond acceptors (Lipinski definition) is 2. The second-order valence-corrected chi connectivity index (χ2v) is 4.42. The Kier molecular flexibility index (Phi) is 1.66. The highest BCUT2D eigenvalue weighted by molar-refractivity contribution is 5.08. The van der Waals surface area contributed by atoms with Gasteiger partial charge in [0.1, 0.15) is 0 Å². The first kappa shape index (κ1) is 8.07. The van der Waals surface area contributed by atoms with E-state index in [0.29, 0.717) is 11.8 Å². The van der Waals surface area contributed by atoms with Crippen LogP contribution in [0.3, 0.4) is 0 Å². The minimum absolute atomic E-state index is 0.187. The van der Waals surface area contributed by atoms with Crippen molar-refractivity contribution in [1.29, 1.82) is 5.26 Å². The van der Waals surface area contributed by atoms with Crippen LogP contribution in [0.15, 0.2) is 0 Å². The van der Waals surface area contributed by atoms with E-state index in [2.05, 4.69) is 6.07 Å². The van der Waals surface area contributed by atoms with Gasteiger partial charge in [0.15, 0.2) is 0 Å². The van der Waals surface area contributed by atoms with Crippen LogP contribution in [0.1, 0.15) is 32.6 Å². The number of hydrogen-bond donors (Lipinski definition) is 1. The third-order valence-electron chi connectivity index (χ3n) is 3.81. The minimum Gasteiger partial charge on any atom is -0.388 e. The van der Waals surface area contributed by atoms with Crippen LogP contribution in [-0.2, 0) is 0 Å². The Morgan fingerprint density at radius 3 is 2.75 bits per heavy atom. The van der Waals surface area contributed by atoms with E-state index < -0.39 is 5.60 Å². The average Bonchev–Trinajstić information content (AvgIpc) is 2.62. The van der Waals surface area contributed by atoms with E-state index in [1.54, 1.807) is 0 Å². The van der Waals surface area contributed by atoms with Gasteiger partial charge in [-0.25, -0.2) is 0 Å². The van der Waals surface area contributed by atoms with Crippen LogP contribution in [-0.4, -0.2) is 10.7 Å². The van der Waals surface area contributed by atoms with Crippen LogP contribution in [0.2, 0.25) is 0 Å². The summed E-state index contributed by atoms with van der Waals surface area (Å²) in [7, 11) is 0. The normalized spacial score (nSPS) is 47.4. The van der Waals surface area contributed by atoms with Crippen molar-refractivity contribution in [1.82, 2.24) is 0 Å². The van der Waals surface area contributed by atoms with E-state index in [9.17, 15) is 5.11 Å². The maximum absolute atomic E-state index is 10.2. The molecule has 2 rings (SSSR count). The van der Waals surface area contributed by atoms with Gasteiger partial charge in [-0.1, -0.05) is 0 Å². The molecule has 0 amide bonds. The molecule has 4 unspecified atom stereocenters. The van der Waals surface area contributed by atoms with Gasteiger partial charge >= 0.3 is 0 Å². The topological polar surface area (TPSA) is 44.0 Å². The summed E-state index contributed by atoms with van der Waals surface area (Å²) in [6.45, 7) is 1.85. The number of rotatable bonds is 1. The molecule has 0 spiro atoms. The summed E-state index contributed by atoms with van der Waals surface area (Å²) in [6, 6.07) is 2.18. The summed E-state index contributed by atoms with van der Waals surface area (Å²) < 4.78 is 0. The fourth-order valence-electron chi connectivity index (χ4n) is 2.99. The first-order valence-corrected chi connectivity index (χ1v) is 4.79. The molecule has 0 aromatic heterocycles.